The van der Waals surface area contributed by atoms with Crippen LogP contribution >= 0.6 is 0 Å². The van der Waals surface area contributed by atoms with Crippen LogP contribution in [-0.2, 0) is 16.6 Å². The Bertz CT molecular complexity index is 1190. The van der Waals surface area contributed by atoms with Gasteiger partial charge in [-0.1, -0.05) is 6.07 Å². The van der Waals surface area contributed by atoms with Gasteiger partial charge in [0, 0.05) is 48.6 Å². The van der Waals surface area contributed by atoms with Crippen LogP contribution in [-0.4, -0.2) is 65.6 Å². The summed E-state index contributed by atoms with van der Waals surface area (Å²) in [5, 5.41) is 16.8. The van der Waals surface area contributed by atoms with Crippen LogP contribution in [0.2, 0.25) is 0 Å². The summed E-state index contributed by atoms with van der Waals surface area (Å²) in [6, 6.07) is 8.02. The molecule has 2 aromatic rings. The third-order valence-electron chi connectivity index (χ3n) is 8.27. The van der Waals surface area contributed by atoms with E-state index in [0.29, 0.717) is 30.8 Å². The Labute approximate surface area is 218 Å². The molecule has 5 atom stereocenters. The van der Waals surface area contributed by atoms with Gasteiger partial charge in [0.05, 0.1) is 24.8 Å². The number of fused-ring (bicyclic) bond motifs is 2. The summed E-state index contributed by atoms with van der Waals surface area (Å²) in [7, 11) is 1.56. The molecule has 1 aromatic heterocycles. The van der Waals surface area contributed by atoms with Gasteiger partial charge in [0.2, 0.25) is 11.8 Å². The zero-order chi connectivity index (χ0) is 27.1. The van der Waals surface area contributed by atoms with Gasteiger partial charge in [0.1, 0.15) is 0 Å². The van der Waals surface area contributed by atoms with Gasteiger partial charge in [-0.3, -0.25) is 14.5 Å². The van der Waals surface area contributed by atoms with Crippen molar-refractivity contribution in [1.82, 2.24) is 20.5 Å². The maximum Gasteiger partial charge on any atom is 0.416 e. The molecule has 0 spiro atoms. The van der Waals surface area contributed by atoms with Crippen LogP contribution < -0.4 is 15.4 Å². The Morgan fingerprint density at radius 2 is 2.05 bits per heavy atom. The normalized spacial score (nSPS) is 28.9. The van der Waals surface area contributed by atoms with E-state index in [0.717, 1.165) is 49.6 Å². The molecule has 5 rings (SSSR count). The second kappa shape index (κ2) is 10.2. The highest BCUT2D eigenvalue weighted by Crippen LogP contribution is 2.57. The fourth-order valence-corrected chi connectivity index (χ4v) is 6.42. The molecule has 2 saturated carbocycles. The Hall–Kier alpha value is -3.18. The predicted molar refractivity (Wildman–Crippen MR) is 131 cm³/mol. The summed E-state index contributed by atoms with van der Waals surface area (Å²) in [4.78, 5) is 31.3. The van der Waals surface area contributed by atoms with Crippen molar-refractivity contribution < 1.29 is 32.6 Å². The molecule has 2 amide bonds. The minimum Gasteiger partial charge on any atom is -0.481 e. The number of carbonyl (C=O) groups is 2. The zero-order valence-electron chi connectivity index (χ0n) is 21.0. The van der Waals surface area contributed by atoms with Crippen molar-refractivity contribution in [2.24, 2.45) is 11.8 Å². The van der Waals surface area contributed by atoms with Gasteiger partial charge in [0.15, 0.2) is 0 Å². The van der Waals surface area contributed by atoms with Crippen LogP contribution in [0.5, 0.6) is 5.88 Å². The number of methoxy groups -OCH3 is 1. The quantitative estimate of drug-likeness (QED) is 0.507. The highest BCUT2D eigenvalue weighted by Gasteiger charge is 2.56. The number of ether oxygens (including phenoxy) is 1. The van der Waals surface area contributed by atoms with Crippen molar-refractivity contribution in [1.29, 1.82) is 0 Å². The number of halogens is 3. The molecule has 11 heteroatoms. The van der Waals surface area contributed by atoms with Gasteiger partial charge in [0.25, 0.3) is 5.91 Å². The average Bonchev–Trinajstić information content (AvgIpc) is 3.62. The van der Waals surface area contributed by atoms with Gasteiger partial charge in [-0.05, 0) is 61.8 Å². The summed E-state index contributed by atoms with van der Waals surface area (Å²) in [5.41, 5.74) is -1.13. The van der Waals surface area contributed by atoms with Crippen molar-refractivity contribution in [3.8, 4) is 5.88 Å². The minimum atomic E-state index is -4.55. The molecule has 0 radical (unpaired) electrons. The van der Waals surface area contributed by atoms with Crippen LogP contribution in [0.15, 0.2) is 42.6 Å². The van der Waals surface area contributed by atoms with Gasteiger partial charge in [-0.2, -0.15) is 13.2 Å². The predicted octanol–water partition coefficient (Wildman–Crippen LogP) is 2.72. The fraction of sp³-hybridized carbons (Fsp3) is 0.519. The second-order valence-corrected chi connectivity index (χ2v) is 10.5. The number of likely N-dealkylation sites (tertiary alicyclic amines) is 1. The molecular weight excluding hydrogens is 501 g/mol. The summed E-state index contributed by atoms with van der Waals surface area (Å²) < 4.78 is 43.8. The van der Waals surface area contributed by atoms with E-state index in [1.165, 1.54) is 6.07 Å². The SMILES string of the molecule is COc1ccc(C2(O)CC3CC2CC3N2CC[C@@H](NC(=O)CNC(=O)c3cccc(C(F)(F)F)c3)C2)cn1. The zero-order valence-corrected chi connectivity index (χ0v) is 21.0. The van der Waals surface area contributed by atoms with Crippen LogP contribution in [0.25, 0.3) is 0 Å². The number of alkyl halides is 3. The first-order valence-electron chi connectivity index (χ1n) is 12.8. The van der Waals surface area contributed by atoms with Gasteiger partial charge >= 0.3 is 6.18 Å². The van der Waals surface area contributed by atoms with Gasteiger partial charge in [-0.25, -0.2) is 4.98 Å². The summed E-state index contributed by atoms with van der Waals surface area (Å²) in [6.45, 7) is 1.20. The Kier molecular flexibility index (Phi) is 7.08. The van der Waals surface area contributed by atoms with E-state index in [4.69, 9.17) is 4.74 Å². The smallest absolute Gasteiger partial charge is 0.416 e. The third kappa shape index (κ3) is 5.22. The maximum atomic E-state index is 12.9. The van der Waals surface area contributed by atoms with Crippen LogP contribution in [0, 0.1) is 11.8 Å². The summed E-state index contributed by atoms with van der Waals surface area (Å²) in [5.74, 6) is -0.105. The molecule has 2 heterocycles. The number of carbonyl (C=O) groups excluding carboxylic acids is 2. The Balaban J connectivity index is 1.09. The first kappa shape index (κ1) is 26.4. The van der Waals surface area contributed by atoms with Crippen molar-refractivity contribution in [3.05, 3.63) is 59.3 Å². The lowest BCUT2D eigenvalue weighted by atomic mass is 9.77. The first-order chi connectivity index (χ1) is 18.1. The van der Waals surface area contributed by atoms with E-state index < -0.39 is 23.2 Å². The molecule has 8 nitrogen and oxygen atoms in total. The highest BCUT2D eigenvalue weighted by molar-refractivity contribution is 5.96. The number of nitrogens with zero attached hydrogens (tertiary/aromatic N) is 2. The molecule has 1 aliphatic heterocycles. The largest absolute Gasteiger partial charge is 0.481 e. The molecule has 3 aliphatic rings. The number of benzene rings is 1. The first-order valence-corrected chi connectivity index (χ1v) is 12.8. The van der Waals surface area contributed by atoms with Gasteiger partial charge in [-0.15, -0.1) is 0 Å². The van der Waals surface area contributed by atoms with Gasteiger partial charge < -0.3 is 20.5 Å². The number of nitrogens with one attached hydrogen (secondary N) is 2. The topological polar surface area (TPSA) is 104 Å². The summed E-state index contributed by atoms with van der Waals surface area (Å²) in [6.07, 6.45) is 0.413. The lowest BCUT2D eigenvalue weighted by Crippen LogP contribution is -2.46. The number of rotatable bonds is 7. The van der Waals surface area contributed by atoms with Crippen molar-refractivity contribution >= 4 is 11.8 Å². The van der Waals surface area contributed by atoms with Crippen molar-refractivity contribution in [2.45, 2.75) is 49.5 Å². The molecule has 204 valence electrons. The van der Waals surface area contributed by atoms with Crippen LogP contribution in [0.1, 0.15) is 47.2 Å². The number of pyridine rings is 1. The number of hydrogen-bond acceptors (Lipinski definition) is 6. The number of hydrogen-bond donors (Lipinski definition) is 3. The van der Waals surface area contributed by atoms with Crippen LogP contribution in [0.3, 0.4) is 0 Å². The van der Waals surface area contributed by atoms with E-state index in [2.05, 4.69) is 20.5 Å². The molecule has 4 unspecified atom stereocenters. The molecular formula is C27H31F3N4O4. The van der Waals surface area contributed by atoms with E-state index in [-0.39, 0.29) is 30.0 Å². The van der Waals surface area contributed by atoms with E-state index >= 15 is 0 Å². The van der Waals surface area contributed by atoms with E-state index in [1.54, 1.807) is 19.4 Å². The fourth-order valence-electron chi connectivity index (χ4n) is 6.42. The molecule has 3 N–H and O–H groups in total. The maximum absolute atomic E-state index is 12.9. The monoisotopic (exact) mass is 532 g/mol. The van der Waals surface area contributed by atoms with E-state index in [9.17, 15) is 27.9 Å². The molecule has 1 aromatic carbocycles. The molecule has 2 aliphatic carbocycles. The van der Waals surface area contributed by atoms with Crippen molar-refractivity contribution in [2.75, 3.05) is 26.7 Å². The highest BCUT2D eigenvalue weighted by atomic mass is 19.4. The van der Waals surface area contributed by atoms with Crippen molar-refractivity contribution in [3.63, 3.8) is 0 Å². The number of aromatic nitrogens is 1. The second-order valence-electron chi connectivity index (χ2n) is 10.5. The number of aliphatic hydroxyl groups is 1. The van der Waals surface area contributed by atoms with E-state index in [1.807, 2.05) is 6.07 Å². The average molecular weight is 533 g/mol. The molecule has 38 heavy (non-hydrogen) atoms. The molecule has 3 fully saturated rings. The molecule has 2 bridgehead atoms. The molecule has 1 saturated heterocycles. The van der Waals surface area contributed by atoms with Crippen LogP contribution in [0.4, 0.5) is 13.2 Å². The minimum absolute atomic E-state index is 0.0724. The lowest BCUT2D eigenvalue weighted by molar-refractivity contribution is -0.137. The number of amides is 2. The Morgan fingerprint density at radius 1 is 1.24 bits per heavy atom. The third-order valence-corrected chi connectivity index (χ3v) is 8.27. The standard InChI is InChI=1S/C27H31F3N4O4/c1-38-24-6-5-19(13-31-24)26(37)12-17-10-20(26)11-22(17)34-8-7-21(15-34)33-23(35)14-32-25(36)16-3-2-4-18(9-16)27(28,29)30/h2-6,9,13,17,20-22,37H,7-8,10-12,14-15H2,1H3,(H,32,36)(H,33,35)/t17?,20?,21-,22?,26?/m1/s1. The lowest BCUT2D eigenvalue weighted by Gasteiger charge is -2.39. The Morgan fingerprint density at radius 3 is 2.71 bits per heavy atom. The summed E-state index contributed by atoms with van der Waals surface area (Å²) >= 11 is 0.